The molecule has 2 aliphatic heterocycles. The molecule has 1 atom stereocenters. The minimum atomic E-state index is -0.397. The van der Waals surface area contributed by atoms with Gasteiger partial charge in [-0.25, -0.2) is 4.98 Å². The number of rotatable bonds is 3. The molecule has 0 radical (unpaired) electrons. The van der Waals surface area contributed by atoms with Gasteiger partial charge in [0.2, 0.25) is 11.8 Å². The van der Waals surface area contributed by atoms with Crippen LogP contribution in [0, 0.1) is 6.92 Å². The minimum absolute atomic E-state index is 0.0603. The lowest BCUT2D eigenvalue weighted by Crippen LogP contribution is -2.53. The smallest absolute Gasteiger partial charge is 0.261 e. The standard InChI is InChI=1S/C21H26N4O3/c1-15-7-6-8-16-19(15)22-14-24(20(16)27)13-18(26)25-12-3-2-9-17(25)21(28)23-10-4-5-11-23/h6-8,14,17H,2-5,9-13H2,1H3. The summed E-state index contributed by atoms with van der Waals surface area (Å²) in [5.74, 6) is -0.127. The van der Waals surface area contributed by atoms with E-state index in [0.717, 1.165) is 44.3 Å². The van der Waals surface area contributed by atoms with Crippen LogP contribution in [-0.4, -0.2) is 56.8 Å². The van der Waals surface area contributed by atoms with E-state index in [0.29, 0.717) is 23.9 Å². The van der Waals surface area contributed by atoms with Crippen LogP contribution >= 0.6 is 0 Å². The topological polar surface area (TPSA) is 75.5 Å². The van der Waals surface area contributed by atoms with E-state index in [1.165, 1.54) is 10.9 Å². The molecule has 0 spiro atoms. The number of aromatic nitrogens is 2. The SMILES string of the molecule is Cc1cccc2c(=O)n(CC(=O)N3CCCCC3C(=O)N3CCCC3)cnc12. The molecule has 0 bridgehead atoms. The van der Waals surface area contributed by atoms with Crippen LogP contribution in [0.5, 0.6) is 0 Å². The lowest BCUT2D eigenvalue weighted by molar-refractivity contribution is -0.147. The maximum Gasteiger partial charge on any atom is 0.261 e. The first-order chi connectivity index (χ1) is 13.6. The Kier molecular flexibility index (Phi) is 5.15. The summed E-state index contributed by atoms with van der Waals surface area (Å²) < 4.78 is 1.36. The quantitative estimate of drug-likeness (QED) is 0.810. The molecule has 2 aromatic rings. The molecule has 148 valence electrons. The molecule has 2 amide bonds. The summed E-state index contributed by atoms with van der Waals surface area (Å²) >= 11 is 0. The number of piperidine rings is 1. The van der Waals surface area contributed by atoms with Crippen molar-refractivity contribution >= 4 is 22.7 Å². The molecule has 4 rings (SSSR count). The van der Waals surface area contributed by atoms with Gasteiger partial charge >= 0.3 is 0 Å². The van der Waals surface area contributed by atoms with Gasteiger partial charge in [0.25, 0.3) is 5.56 Å². The van der Waals surface area contributed by atoms with E-state index < -0.39 is 6.04 Å². The first-order valence-corrected chi connectivity index (χ1v) is 10.1. The predicted molar refractivity (Wildman–Crippen MR) is 106 cm³/mol. The number of hydrogen-bond donors (Lipinski definition) is 0. The fourth-order valence-electron chi connectivity index (χ4n) is 4.32. The van der Waals surface area contributed by atoms with E-state index in [1.54, 1.807) is 11.0 Å². The summed E-state index contributed by atoms with van der Waals surface area (Å²) in [6.07, 6.45) is 6.04. The molecule has 2 saturated heterocycles. The van der Waals surface area contributed by atoms with Crippen LogP contribution in [0.15, 0.2) is 29.3 Å². The van der Waals surface area contributed by atoms with Crippen molar-refractivity contribution in [2.45, 2.75) is 51.6 Å². The van der Waals surface area contributed by atoms with Gasteiger partial charge in [-0.3, -0.25) is 19.0 Å². The fraction of sp³-hybridized carbons (Fsp3) is 0.524. The minimum Gasteiger partial charge on any atom is -0.341 e. The zero-order chi connectivity index (χ0) is 19.7. The molecular weight excluding hydrogens is 356 g/mol. The molecule has 0 saturated carbocycles. The van der Waals surface area contributed by atoms with Gasteiger partial charge in [-0.05, 0) is 50.7 Å². The van der Waals surface area contributed by atoms with Gasteiger partial charge in [-0.2, -0.15) is 0 Å². The summed E-state index contributed by atoms with van der Waals surface area (Å²) in [7, 11) is 0. The number of benzene rings is 1. The van der Waals surface area contributed by atoms with Crippen LogP contribution in [0.1, 0.15) is 37.7 Å². The molecular formula is C21H26N4O3. The highest BCUT2D eigenvalue weighted by molar-refractivity contribution is 5.88. The Labute approximate surface area is 163 Å². The average molecular weight is 382 g/mol. The molecule has 2 aliphatic rings. The second-order valence-corrected chi connectivity index (χ2v) is 7.78. The van der Waals surface area contributed by atoms with Crippen molar-refractivity contribution in [3.05, 3.63) is 40.4 Å². The van der Waals surface area contributed by atoms with Gasteiger partial charge in [-0.15, -0.1) is 0 Å². The number of carbonyl (C=O) groups is 2. The number of amides is 2. The number of fused-ring (bicyclic) bond motifs is 1. The van der Waals surface area contributed by atoms with Crippen molar-refractivity contribution in [3.63, 3.8) is 0 Å². The largest absolute Gasteiger partial charge is 0.341 e. The summed E-state index contributed by atoms with van der Waals surface area (Å²) in [4.78, 5) is 46.6. The van der Waals surface area contributed by atoms with E-state index in [4.69, 9.17) is 0 Å². The number of carbonyl (C=O) groups excluding carboxylic acids is 2. The molecule has 1 aromatic heterocycles. The van der Waals surface area contributed by atoms with Gasteiger partial charge in [0.1, 0.15) is 12.6 Å². The average Bonchev–Trinajstić information content (AvgIpc) is 3.25. The molecule has 2 fully saturated rings. The second-order valence-electron chi connectivity index (χ2n) is 7.78. The van der Waals surface area contributed by atoms with Gasteiger partial charge in [-0.1, -0.05) is 12.1 Å². The Morgan fingerprint density at radius 1 is 1.11 bits per heavy atom. The molecule has 7 heteroatoms. The maximum atomic E-state index is 13.0. The van der Waals surface area contributed by atoms with Crippen LogP contribution in [0.3, 0.4) is 0 Å². The number of hydrogen-bond acceptors (Lipinski definition) is 4. The molecule has 0 N–H and O–H groups in total. The normalized spacial score (nSPS) is 20.0. The number of likely N-dealkylation sites (tertiary alicyclic amines) is 2. The van der Waals surface area contributed by atoms with Gasteiger partial charge in [0.05, 0.1) is 17.2 Å². The van der Waals surface area contributed by atoms with Crippen LogP contribution < -0.4 is 5.56 Å². The summed E-state index contributed by atoms with van der Waals surface area (Å²) in [5.41, 5.74) is 1.37. The van der Waals surface area contributed by atoms with Gasteiger partial charge in [0, 0.05) is 19.6 Å². The lowest BCUT2D eigenvalue weighted by atomic mass is 10.0. The van der Waals surface area contributed by atoms with E-state index in [9.17, 15) is 14.4 Å². The van der Waals surface area contributed by atoms with Crippen molar-refractivity contribution in [2.24, 2.45) is 0 Å². The van der Waals surface area contributed by atoms with Crippen LogP contribution in [-0.2, 0) is 16.1 Å². The van der Waals surface area contributed by atoms with E-state index in [2.05, 4.69) is 4.98 Å². The highest BCUT2D eigenvalue weighted by Gasteiger charge is 2.35. The first kappa shape index (κ1) is 18.7. The van der Waals surface area contributed by atoms with Crippen molar-refractivity contribution in [3.8, 4) is 0 Å². The van der Waals surface area contributed by atoms with Gasteiger partial charge in [0.15, 0.2) is 0 Å². The molecule has 3 heterocycles. The Hall–Kier alpha value is -2.70. The van der Waals surface area contributed by atoms with Crippen LogP contribution in [0.25, 0.3) is 10.9 Å². The summed E-state index contributed by atoms with van der Waals surface area (Å²) in [5, 5.41) is 0.513. The highest BCUT2D eigenvalue weighted by atomic mass is 16.2. The summed E-state index contributed by atoms with van der Waals surface area (Å²) in [6, 6.07) is 5.07. The molecule has 1 unspecified atom stereocenters. The van der Waals surface area contributed by atoms with Crippen LogP contribution in [0.4, 0.5) is 0 Å². The maximum absolute atomic E-state index is 13.0. The second kappa shape index (κ2) is 7.73. The molecule has 1 aromatic carbocycles. The molecule has 7 nitrogen and oxygen atoms in total. The monoisotopic (exact) mass is 382 g/mol. The highest BCUT2D eigenvalue weighted by Crippen LogP contribution is 2.22. The molecule has 0 aliphatic carbocycles. The Morgan fingerprint density at radius 2 is 1.86 bits per heavy atom. The Balaban J connectivity index is 1.56. The number of para-hydroxylation sites is 1. The number of aryl methyl sites for hydroxylation is 1. The summed E-state index contributed by atoms with van der Waals surface area (Å²) in [6.45, 7) is 3.96. The van der Waals surface area contributed by atoms with Crippen molar-refractivity contribution in [1.29, 1.82) is 0 Å². The van der Waals surface area contributed by atoms with Crippen molar-refractivity contribution in [2.75, 3.05) is 19.6 Å². The lowest BCUT2D eigenvalue weighted by Gasteiger charge is -2.36. The van der Waals surface area contributed by atoms with E-state index in [1.807, 2.05) is 24.0 Å². The van der Waals surface area contributed by atoms with Crippen LogP contribution in [0.2, 0.25) is 0 Å². The number of nitrogens with zero attached hydrogens (tertiary/aromatic N) is 4. The third-order valence-electron chi connectivity index (χ3n) is 5.89. The van der Waals surface area contributed by atoms with Gasteiger partial charge < -0.3 is 9.80 Å². The van der Waals surface area contributed by atoms with Crippen molar-refractivity contribution in [1.82, 2.24) is 19.4 Å². The van der Waals surface area contributed by atoms with E-state index in [-0.39, 0.29) is 23.9 Å². The Morgan fingerprint density at radius 3 is 2.64 bits per heavy atom. The first-order valence-electron chi connectivity index (χ1n) is 10.1. The van der Waals surface area contributed by atoms with E-state index >= 15 is 0 Å². The Bertz CT molecular complexity index is 962. The zero-order valence-corrected chi connectivity index (χ0v) is 16.3. The molecule has 28 heavy (non-hydrogen) atoms. The third kappa shape index (κ3) is 3.41. The zero-order valence-electron chi connectivity index (χ0n) is 16.3. The fourth-order valence-corrected chi connectivity index (χ4v) is 4.32. The third-order valence-corrected chi connectivity index (χ3v) is 5.89. The predicted octanol–water partition coefficient (Wildman–Crippen LogP) is 1.71. The van der Waals surface area contributed by atoms with Crippen molar-refractivity contribution < 1.29 is 9.59 Å².